The van der Waals surface area contributed by atoms with Gasteiger partial charge in [-0.1, -0.05) is 13.0 Å². The zero-order valence-corrected chi connectivity index (χ0v) is 12.3. The number of halogens is 3. The number of ether oxygens (including phenoxy) is 1. The molecule has 1 heterocycles. The van der Waals surface area contributed by atoms with Gasteiger partial charge in [-0.25, -0.2) is 4.68 Å². The summed E-state index contributed by atoms with van der Waals surface area (Å²) < 4.78 is 45.2. The van der Waals surface area contributed by atoms with Crippen LogP contribution in [0.2, 0.25) is 0 Å². The van der Waals surface area contributed by atoms with E-state index >= 15 is 0 Å². The number of hydrogen-bond donors (Lipinski definition) is 1. The highest BCUT2D eigenvalue weighted by atomic mass is 19.4. The Morgan fingerprint density at radius 3 is 2.59 bits per heavy atom. The zero-order chi connectivity index (χ0) is 16.3. The van der Waals surface area contributed by atoms with Crippen molar-refractivity contribution in [1.82, 2.24) is 9.78 Å². The summed E-state index contributed by atoms with van der Waals surface area (Å²) in [6, 6.07) is 4.90. The minimum absolute atomic E-state index is 0.0857. The van der Waals surface area contributed by atoms with E-state index in [2.05, 4.69) is 5.10 Å². The predicted octanol–water partition coefficient (Wildman–Crippen LogP) is 3.00. The van der Waals surface area contributed by atoms with Gasteiger partial charge < -0.3 is 9.84 Å². The average Bonchev–Trinajstić information content (AvgIpc) is 2.84. The fraction of sp³-hybridized carbons (Fsp3) is 0.400. The average molecular weight is 314 g/mol. The fourth-order valence-corrected chi connectivity index (χ4v) is 2.32. The van der Waals surface area contributed by atoms with E-state index < -0.39 is 11.7 Å². The molecule has 0 bridgehead atoms. The van der Waals surface area contributed by atoms with Crippen molar-refractivity contribution in [2.24, 2.45) is 0 Å². The maximum atomic E-state index is 12.8. The molecule has 0 saturated heterocycles. The highest BCUT2D eigenvalue weighted by Gasteiger charge is 2.31. The van der Waals surface area contributed by atoms with Gasteiger partial charge in [-0.05, 0) is 24.6 Å². The van der Waals surface area contributed by atoms with E-state index in [9.17, 15) is 13.2 Å². The smallest absolute Gasteiger partial charge is 0.416 e. The van der Waals surface area contributed by atoms with Gasteiger partial charge in [0.15, 0.2) is 0 Å². The van der Waals surface area contributed by atoms with Crippen LogP contribution in [0.4, 0.5) is 13.2 Å². The summed E-state index contributed by atoms with van der Waals surface area (Å²) >= 11 is 0. The zero-order valence-electron chi connectivity index (χ0n) is 12.3. The lowest BCUT2D eigenvalue weighted by Crippen LogP contribution is -2.07. The summed E-state index contributed by atoms with van der Waals surface area (Å²) in [5, 5.41) is 13.5. The Kier molecular flexibility index (Phi) is 4.75. The van der Waals surface area contributed by atoms with Crippen LogP contribution >= 0.6 is 0 Å². The van der Waals surface area contributed by atoms with Gasteiger partial charge >= 0.3 is 6.18 Å². The van der Waals surface area contributed by atoms with E-state index in [-0.39, 0.29) is 12.3 Å². The number of nitrogens with zero attached hydrogens (tertiary/aromatic N) is 2. The van der Waals surface area contributed by atoms with Crippen molar-refractivity contribution in [2.45, 2.75) is 25.9 Å². The number of rotatable bonds is 5. The third-order valence-corrected chi connectivity index (χ3v) is 3.33. The van der Waals surface area contributed by atoms with Crippen LogP contribution in [0.5, 0.6) is 5.88 Å². The van der Waals surface area contributed by atoms with Crippen LogP contribution in [0, 0.1) is 0 Å². The predicted molar refractivity (Wildman–Crippen MR) is 75.3 cm³/mol. The molecule has 0 atom stereocenters. The monoisotopic (exact) mass is 314 g/mol. The summed E-state index contributed by atoms with van der Waals surface area (Å²) in [6.07, 6.45) is -3.49. The number of methoxy groups -OCH3 is 1. The fourth-order valence-electron chi connectivity index (χ4n) is 2.32. The molecule has 0 aliphatic rings. The number of aromatic nitrogens is 2. The SMILES string of the molecule is CCc1nn(-c2cccc(C(F)(F)F)c2)c(OC)c1CCO. The van der Waals surface area contributed by atoms with Crippen LogP contribution in [0.15, 0.2) is 24.3 Å². The third kappa shape index (κ3) is 3.09. The minimum atomic E-state index is -4.42. The second-order valence-corrected chi connectivity index (χ2v) is 4.72. The van der Waals surface area contributed by atoms with Crippen LogP contribution in [-0.4, -0.2) is 28.6 Å². The second kappa shape index (κ2) is 6.39. The maximum absolute atomic E-state index is 12.8. The molecule has 2 rings (SSSR count). The molecule has 2 aromatic rings. The molecule has 0 aliphatic carbocycles. The van der Waals surface area contributed by atoms with Gasteiger partial charge in [0, 0.05) is 18.6 Å². The quantitative estimate of drug-likeness (QED) is 0.923. The summed E-state index contributed by atoms with van der Waals surface area (Å²) in [5.41, 5.74) is 0.933. The molecule has 0 aliphatic heterocycles. The molecule has 1 aromatic heterocycles. The van der Waals surface area contributed by atoms with E-state index in [4.69, 9.17) is 9.84 Å². The van der Waals surface area contributed by atoms with Crippen LogP contribution in [0.1, 0.15) is 23.7 Å². The van der Waals surface area contributed by atoms with Crippen molar-refractivity contribution in [3.8, 4) is 11.6 Å². The Bertz CT molecular complexity index is 651. The standard InChI is InChI=1S/C15H17F3N2O2/c1-3-13-12(7-8-21)14(22-2)20(19-13)11-6-4-5-10(9-11)15(16,17)18/h4-6,9,21H,3,7-8H2,1-2H3. The number of benzene rings is 1. The number of hydrogen-bond acceptors (Lipinski definition) is 3. The minimum Gasteiger partial charge on any atom is -0.481 e. The van der Waals surface area contributed by atoms with Gasteiger partial charge in [0.05, 0.1) is 24.1 Å². The van der Waals surface area contributed by atoms with E-state index in [1.807, 2.05) is 6.92 Å². The lowest BCUT2D eigenvalue weighted by Gasteiger charge is -2.11. The normalized spacial score (nSPS) is 11.7. The van der Waals surface area contributed by atoms with Crippen molar-refractivity contribution in [2.75, 3.05) is 13.7 Å². The number of aliphatic hydroxyl groups excluding tert-OH is 1. The molecule has 0 unspecified atom stereocenters. The van der Waals surface area contributed by atoms with Gasteiger partial charge in [0.25, 0.3) is 0 Å². The first-order valence-electron chi connectivity index (χ1n) is 6.85. The highest BCUT2D eigenvalue weighted by molar-refractivity contribution is 5.43. The number of aliphatic hydroxyl groups is 1. The highest BCUT2D eigenvalue weighted by Crippen LogP contribution is 2.32. The molecule has 4 nitrogen and oxygen atoms in total. The summed E-state index contributed by atoms with van der Waals surface area (Å²) in [7, 11) is 1.43. The van der Waals surface area contributed by atoms with Gasteiger partial charge in [0.1, 0.15) is 0 Å². The molecular formula is C15H17F3N2O2. The summed E-state index contributed by atoms with van der Waals surface area (Å²) in [5.74, 6) is 0.352. The summed E-state index contributed by atoms with van der Waals surface area (Å²) in [4.78, 5) is 0. The molecule has 0 fully saturated rings. The molecule has 0 radical (unpaired) electrons. The van der Waals surface area contributed by atoms with Gasteiger partial charge in [-0.2, -0.15) is 18.3 Å². The van der Waals surface area contributed by atoms with Crippen molar-refractivity contribution in [1.29, 1.82) is 0 Å². The Labute approximate surface area is 126 Å². The lowest BCUT2D eigenvalue weighted by molar-refractivity contribution is -0.137. The van der Waals surface area contributed by atoms with Crippen molar-refractivity contribution in [3.05, 3.63) is 41.1 Å². The first kappa shape index (κ1) is 16.4. The van der Waals surface area contributed by atoms with Crippen LogP contribution < -0.4 is 4.74 Å². The molecule has 1 aromatic carbocycles. The van der Waals surface area contributed by atoms with Crippen molar-refractivity contribution < 1.29 is 23.0 Å². The number of aryl methyl sites for hydroxylation is 1. The van der Waals surface area contributed by atoms with Crippen molar-refractivity contribution in [3.63, 3.8) is 0 Å². The van der Waals surface area contributed by atoms with Crippen LogP contribution in [0.3, 0.4) is 0 Å². The van der Waals surface area contributed by atoms with Gasteiger partial charge in [0.2, 0.25) is 5.88 Å². The number of alkyl halides is 3. The largest absolute Gasteiger partial charge is 0.481 e. The molecule has 0 spiro atoms. The van der Waals surface area contributed by atoms with Gasteiger partial charge in [-0.3, -0.25) is 0 Å². The summed E-state index contributed by atoms with van der Waals surface area (Å²) in [6.45, 7) is 1.80. The molecule has 1 N–H and O–H groups in total. The lowest BCUT2D eigenvalue weighted by atomic mass is 10.1. The third-order valence-electron chi connectivity index (χ3n) is 3.33. The Hall–Kier alpha value is -2.02. The molecule has 120 valence electrons. The maximum Gasteiger partial charge on any atom is 0.416 e. The first-order chi connectivity index (χ1) is 10.4. The van der Waals surface area contributed by atoms with Crippen LogP contribution in [-0.2, 0) is 19.0 Å². The van der Waals surface area contributed by atoms with E-state index in [0.29, 0.717) is 30.0 Å². The molecular weight excluding hydrogens is 297 g/mol. The molecule has 7 heteroatoms. The second-order valence-electron chi connectivity index (χ2n) is 4.72. The van der Waals surface area contributed by atoms with Gasteiger partial charge in [-0.15, -0.1) is 0 Å². The van der Waals surface area contributed by atoms with Crippen molar-refractivity contribution >= 4 is 0 Å². The Morgan fingerprint density at radius 1 is 1.32 bits per heavy atom. The van der Waals surface area contributed by atoms with E-state index in [1.165, 1.54) is 23.9 Å². The molecule has 22 heavy (non-hydrogen) atoms. The Balaban J connectivity index is 2.57. The Morgan fingerprint density at radius 2 is 2.05 bits per heavy atom. The van der Waals surface area contributed by atoms with E-state index in [1.54, 1.807) is 0 Å². The topological polar surface area (TPSA) is 47.3 Å². The molecule has 0 saturated carbocycles. The van der Waals surface area contributed by atoms with E-state index in [0.717, 1.165) is 12.1 Å². The molecule has 0 amide bonds. The first-order valence-corrected chi connectivity index (χ1v) is 6.85. The van der Waals surface area contributed by atoms with Crippen LogP contribution in [0.25, 0.3) is 5.69 Å².